The van der Waals surface area contributed by atoms with E-state index in [0.29, 0.717) is 24.7 Å². The molecule has 4 atom stereocenters. The molecule has 0 spiro atoms. The molecule has 4 unspecified atom stereocenters. The van der Waals surface area contributed by atoms with Gasteiger partial charge in [-0.25, -0.2) is 4.79 Å². The monoisotopic (exact) mass is 552 g/mol. The van der Waals surface area contributed by atoms with Crippen molar-refractivity contribution < 1.29 is 18.1 Å². The van der Waals surface area contributed by atoms with Gasteiger partial charge in [0.2, 0.25) is 5.89 Å². The second kappa shape index (κ2) is 10.4. The predicted octanol–water partition coefficient (Wildman–Crippen LogP) is 4.40. The van der Waals surface area contributed by atoms with E-state index in [1.165, 1.54) is 16.8 Å². The lowest BCUT2D eigenvalue weighted by Gasteiger charge is -2.41. The standard InChI is InChI=1S/C25H44N4O6Si2/c1-16-26-19(28-34-16)14-17-18(15-32-36(8,9)24(2,3)4)33-22(29-13-12-20(30)27-23(29)31)21(17)35-37(10,11)25(5,6)7/h12-13,17-18,21-22H,14-15H2,1-11H3,(H,27,30,31). The van der Waals surface area contributed by atoms with Crippen LogP contribution in [0, 0.1) is 12.8 Å². The zero-order valence-electron chi connectivity index (χ0n) is 24.2. The summed E-state index contributed by atoms with van der Waals surface area (Å²) in [6.45, 7) is 24.0. The maximum Gasteiger partial charge on any atom is 0.330 e. The Labute approximate surface area is 221 Å². The Kier molecular flexibility index (Phi) is 8.31. The molecule has 1 N–H and O–H groups in total. The molecule has 0 amide bonds. The SMILES string of the molecule is Cc1nc(CC2C(CO[Si](C)(C)C(C)(C)C)OC(n3ccc(=O)[nH]c3=O)C2O[Si](C)(C)C(C)(C)C)no1. The first kappa shape index (κ1) is 29.7. The first-order valence-corrected chi connectivity index (χ1v) is 18.7. The second-order valence-corrected chi connectivity index (χ2v) is 22.7. The molecule has 0 aromatic carbocycles. The van der Waals surface area contributed by atoms with E-state index in [1.807, 2.05) is 0 Å². The summed E-state index contributed by atoms with van der Waals surface area (Å²) in [5.41, 5.74) is -1.00. The minimum atomic E-state index is -2.31. The minimum Gasteiger partial charge on any atom is -0.414 e. The van der Waals surface area contributed by atoms with E-state index in [-0.39, 0.29) is 22.1 Å². The number of aromatic amines is 1. The molecule has 10 nitrogen and oxygen atoms in total. The third kappa shape index (κ3) is 6.59. The quantitative estimate of drug-likeness (QED) is 0.479. The molecular weight excluding hydrogens is 508 g/mol. The van der Waals surface area contributed by atoms with Gasteiger partial charge in [0.15, 0.2) is 28.7 Å². The summed E-state index contributed by atoms with van der Waals surface area (Å²) < 4.78 is 26.8. The highest BCUT2D eigenvalue weighted by atomic mass is 28.4. The normalized spacial score (nSPS) is 23.5. The fourth-order valence-electron chi connectivity index (χ4n) is 3.85. The molecule has 37 heavy (non-hydrogen) atoms. The van der Waals surface area contributed by atoms with Crippen molar-refractivity contribution >= 4 is 16.6 Å². The van der Waals surface area contributed by atoms with Crippen molar-refractivity contribution in [2.75, 3.05) is 6.61 Å². The molecule has 208 valence electrons. The van der Waals surface area contributed by atoms with Crippen LogP contribution in [0.2, 0.25) is 36.3 Å². The summed E-state index contributed by atoms with van der Waals surface area (Å²) in [7, 11) is -4.40. The van der Waals surface area contributed by atoms with E-state index in [1.54, 1.807) is 6.92 Å². The van der Waals surface area contributed by atoms with E-state index in [4.69, 9.17) is 18.1 Å². The van der Waals surface area contributed by atoms with Gasteiger partial charge in [-0.2, -0.15) is 4.98 Å². The van der Waals surface area contributed by atoms with E-state index >= 15 is 0 Å². The predicted molar refractivity (Wildman–Crippen MR) is 147 cm³/mol. The fraction of sp³-hybridized carbons (Fsp3) is 0.760. The Hall–Kier alpha value is -1.87. The Morgan fingerprint density at radius 1 is 1.05 bits per heavy atom. The Morgan fingerprint density at radius 2 is 1.68 bits per heavy atom. The van der Waals surface area contributed by atoms with Gasteiger partial charge in [0.25, 0.3) is 5.56 Å². The van der Waals surface area contributed by atoms with Crippen LogP contribution in [0.25, 0.3) is 0 Å². The Bertz CT molecular complexity index is 1190. The van der Waals surface area contributed by atoms with Crippen molar-refractivity contribution in [3.05, 3.63) is 44.8 Å². The van der Waals surface area contributed by atoms with Gasteiger partial charge in [-0.05, 0) is 36.3 Å². The first-order valence-electron chi connectivity index (χ1n) is 12.9. The highest BCUT2D eigenvalue weighted by Crippen LogP contribution is 2.45. The number of nitrogens with zero attached hydrogens (tertiary/aromatic N) is 3. The Balaban J connectivity index is 2.07. The summed E-state index contributed by atoms with van der Waals surface area (Å²) in [5, 5.41) is 4.09. The number of H-pyrrole nitrogens is 1. The molecule has 0 bridgehead atoms. The summed E-state index contributed by atoms with van der Waals surface area (Å²) in [6.07, 6.45) is 0.296. The zero-order chi connectivity index (χ0) is 28.0. The maximum atomic E-state index is 12.9. The molecule has 2 aromatic rings. The topological polar surface area (TPSA) is 121 Å². The molecule has 0 radical (unpaired) electrons. The van der Waals surface area contributed by atoms with Crippen LogP contribution in [-0.2, 0) is 20.0 Å². The van der Waals surface area contributed by atoms with Gasteiger partial charge in [0.05, 0.1) is 18.8 Å². The van der Waals surface area contributed by atoms with Crippen LogP contribution in [0.5, 0.6) is 0 Å². The zero-order valence-corrected chi connectivity index (χ0v) is 26.2. The Morgan fingerprint density at radius 3 is 2.19 bits per heavy atom. The number of ether oxygens (including phenoxy) is 1. The molecular formula is C25H44N4O6Si2. The number of hydrogen-bond acceptors (Lipinski definition) is 8. The van der Waals surface area contributed by atoms with E-state index in [0.717, 1.165) is 0 Å². The first-order chi connectivity index (χ1) is 16.8. The number of aromatic nitrogens is 4. The van der Waals surface area contributed by atoms with Crippen molar-refractivity contribution in [3.8, 4) is 0 Å². The smallest absolute Gasteiger partial charge is 0.330 e. The van der Waals surface area contributed by atoms with Gasteiger partial charge >= 0.3 is 5.69 Å². The molecule has 1 aliphatic heterocycles. The van der Waals surface area contributed by atoms with Crippen LogP contribution >= 0.6 is 0 Å². The molecule has 0 saturated carbocycles. The van der Waals surface area contributed by atoms with Gasteiger partial charge in [-0.1, -0.05) is 46.7 Å². The van der Waals surface area contributed by atoms with Crippen molar-refractivity contribution in [2.24, 2.45) is 5.92 Å². The lowest BCUT2D eigenvalue weighted by atomic mass is 9.94. The summed E-state index contributed by atoms with van der Waals surface area (Å²) >= 11 is 0. The number of aryl methyl sites for hydroxylation is 1. The van der Waals surface area contributed by atoms with Gasteiger partial charge in [-0.15, -0.1) is 0 Å². The molecule has 2 aromatic heterocycles. The summed E-state index contributed by atoms with van der Waals surface area (Å²) in [5.74, 6) is 0.833. The fourth-order valence-corrected chi connectivity index (χ4v) is 6.19. The van der Waals surface area contributed by atoms with E-state index in [9.17, 15) is 9.59 Å². The maximum absolute atomic E-state index is 12.9. The van der Waals surface area contributed by atoms with Crippen molar-refractivity contribution in [1.82, 2.24) is 19.7 Å². The average Bonchev–Trinajstić information content (AvgIpc) is 3.28. The van der Waals surface area contributed by atoms with Crippen LogP contribution in [-0.4, -0.2) is 55.1 Å². The second-order valence-electron chi connectivity index (χ2n) is 13.1. The molecule has 3 heterocycles. The van der Waals surface area contributed by atoms with Crippen LogP contribution in [0.15, 0.2) is 26.4 Å². The largest absolute Gasteiger partial charge is 0.414 e. The molecule has 0 aliphatic carbocycles. The van der Waals surface area contributed by atoms with Crippen LogP contribution in [0.3, 0.4) is 0 Å². The highest BCUT2D eigenvalue weighted by Gasteiger charge is 2.52. The van der Waals surface area contributed by atoms with E-state index in [2.05, 4.69) is 82.9 Å². The van der Waals surface area contributed by atoms with Gasteiger partial charge < -0.3 is 18.1 Å². The summed E-state index contributed by atoms with van der Waals surface area (Å²) in [4.78, 5) is 31.5. The average molecular weight is 553 g/mol. The van der Waals surface area contributed by atoms with Crippen LogP contribution in [0.4, 0.5) is 0 Å². The molecule has 3 rings (SSSR count). The van der Waals surface area contributed by atoms with Crippen molar-refractivity contribution in [2.45, 2.75) is 110 Å². The molecule has 1 saturated heterocycles. The van der Waals surface area contributed by atoms with Crippen molar-refractivity contribution in [1.29, 1.82) is 0 Å². The van der Waals surface area contributed by atoms with Crippen molar-refractivity contribution in [3.63, 3.8) is 0 Å². The summed E-state index contributed by atoms with van der Waals surface area (Å²) in [6, 6.07) is 1.32. The number of hydrogen-bond donors (Lipinski definition) is 1. The number of rotatable bonds is 8. The van der Waals surface area contributed by atoms with Gasteiger partial charge in [0.1, 0.15) is 0 Å². The van der Waals surface area contributed by atoms with Crippen LogP contribution < -0.4 is 11.2 Å². The van der Waals surface area contributed by atoms with Crippen LogP contribution in [0.1, 0.15) is 59.5 Å². The van der Waals surface area contributed by atoms with E-state index < -0.39 is 40.2 Å². The third-order valence-corrected chi connectivity index (χ3v) is 17.2. The lowest BCUT2D eigenvalue weighted by molar-refractivity contribution is -0.0494. The molecule has 1 aliphatic rings. The van der Waals surface area contributed by atoms with Gasteiger partial charge in [0, 0.05) is 31.5 Å². The molecule has 1 fully saturated rings. The highest BCUT2D eigenvalue weighted by molar-refractivity contribution is 6.74. The van der Waals surface area contributed by atoms with Gasteiger partial charge in [-0.3, -0.25) is 14.3 Å². The minimum absolute atomic E-state index is 0.0260. The third-order valence-electron chi connectivity index (χ3n) is 8.26. The lowest BCUT2D eigenvalue weighted by Crippen LogP contribution is -2.49. The number of nitrogens with one attached hydrogen (secondary N) is 1. The molecule has 12 heteroatoms.